The number of unbranched alkanes of at least 4 members (excludes halogenated alkanes) is 4. The second-order valence-electron chi connectivity index (χ2n) is 4.62. The van der Waals surface area contributed by atoms with Gasteiger partial charge in [-0.05, 0) is 30.2 Å². The van der Waals surface area contributed by atoms with Crippen molar-refractivity contribution in [1.29, 1.82) is 0 Å². The molecule has 0 unspecified atom stereocenters. The van der Waals surface area contributed by atoms with Crippen molar-refractivity contribution < 1.29 is 9.18 Å². The third-order valence-corrected chi connectivity index (χ3v) is 3.19. The van der Waals surface area contributed by atoms with E-state index in [1.807, 2.05) is 0 Å². The molecule has 0 spiro atoms. The smallest absolute Gasteiger partial charge is 0.137 e. The Bertz CT molecular complexity index is 390. The van der Waals surface area contributed by atoms with Gasteiger partial charge in [-0.25, -0.2) is 4.39 Å². The summed E-state index contributed by atoms with van der Waals surface area (Å²) in [7, 11) is 0. The molecule has 0 atom stereocenters. The Balaban J connectivity index is 2.33. The summed E-state index contributed by atoms with van der Waals surface area (Å²) in [5.74, 6) is -0.258. The third kappa shape index (κ3) is 5.63. The molecule has 0 amide bonds. The van der Waals surface area contributed by atoms with Crippen LogP contribution in [-0.4, -0.2) is 5.78 Å². The van der Waals surface area contributed by atoms with Crippen molar-refractivity contribution in [3.63, 3.8) is 0 Å². The van der Waals surface area contributed by atoms with E-state index in [4.69, 9.17) is 11.6 Å². The molecular formula is C15H20ClFO. The van der Waals surface area contributed by atoms with Crippen LogP contribution in [0.2, 0.25) is 5.02 Å². The maximum Gasteiger partial charge on any atom is 0.137 e. The van der Waals surface area contributed by atoms with Gasteiger partial charge in [0.15, 0.2) is 0 Å². The van der Waals surface area contributed by atoms with Crippen molar-refractivity contribution in [3.05, 3.63) is 34.6 Å². The van der Waals surface area contributed by atoms with Crippen LogP contribution < -0.4 is 0 Å². The fourth-order valence-corrected chi connectivity index (χ4v) is 2.10. The number of hydrogen-bond donors (Lipinski definition) is 0. The van der Waals surface area contributed by atoms with E-state index in [-0.39, 0.29) is 18.0 Å². The summed E-state index contributed by atoms with van der Waals surface area (Å²) in [4.78, 5) is 11.7. The Morgan fingerprint density at radius 2 is 1.94 bits per heavy atom. The Kier molecular flexibility index (Phi) is 6.96. The Morgan fingerprint density at radius 3 is 2.67 bits per heavy atom. The molecule has 0 heterocycles. The summed E-state index contributed by atoms with van der Waals surface area (Å²) in [6.07, 6.45) is 6.27. The van der Waals surface area contributed by atoms with Crippen LogP contribution in [0.25, 0.3) is 0 Å². The largest absolute Gasteiger partial charge is 0.299 e. The first-order valence-corrected chi connectivity index (χ1v) is 6.97. The Morgan fingerprint density at radius 1 is 1.22 bits per heavy atom. The lowest BCUT2D eigenvalue weighted by molar-refractivity contribution is -0.118. The van der Waals surface area contributed by atoms with Gasteiger partial charge >= 0.3 is 0 Å². The summed E-state index contributed by atoms with van der Waals surface area (Å²) >= 11 is 5.78. The first-order chi connectivity index (χ1) is 8.63. The Labute approximate surface area is 113 Å². The van der Waals surface area contributed by atoms with Gasteiger partial charge in [-0.2, -0.15) is 0 Å². The van der Waals surface area contributed by atoms with Gasteiger partial charge in [-0.1, -0.05) is 44.2 Å². The van der Waals surface area contributed by atoms with E-state index in [0.717, 1.165) is 12.8 Å². The SMILES string of the molecule is CCCCCCCC(=O)Cc1cc(Cl)ccc1F. The summed E-state index contributed by atoms with van der Waals surface area (Å²) in [6.45, 7) is 2.16. The summed E-state index contributed by atoms with van der Waals surface area (Å²) in [5.41, 5.74) is 0.404. The van der Waals surface area contributed by atoms with Crippen LogP contribution in [0.4, 0.5) is 4.39 Å². The molecule has 0 aromatic heterocycles. The van der Waals surface area contributed by atoms with Crippen molar-refractivity contribution in [2.24, 2.45) is 0 Å². The van der Waals surface area contributed by atoms with Crippen molar-refractivity contribution >= 4 is 17.4 Å². The van der Waals surface area contributed by atoms with E-state index in [2.05, 4.69) is 6.92 Å². The van der Waals surface area contributed by atoms with E-state index < -0.39 is 0 Å². The maximum atomic E-state index is 13.4. The first kappa shape index (κ1) is 15.2. The quantitative estimate of drug-likeness (QED) is 0.611. The number of halogens is 2. The highest BCUT2D eigenvalue weighted by molar-refractivity contribution is 6.30. The minimum Gasteiger partial charge on any atom is -0.299 e. The van der Waals surface area contributed by atoms with Crippen LogP contribution in [0, 0.1) is 5.82 Å². The molecule has 18 heavy (non-hydrogen) atoms. The van der Waals surface area contributed by atoms with Crippen LogP contribution in [0.15, 0.2) is 18.2 Å². The molecule has 0 N–H and O–H groups in total. The summed E-state index contributed by atoms with van der Waals surface area (Å²) in [6, 6.07) is 4.34. The lowest BCUT2D eigenvalue weighted by Crippen LogP contribution is -2.04. The van der Waals surface area contributed by atoms with Crippen LogP contribution in [0.1, 0.15) is 51.0 Å². The van der Waals surface area contributed by atoms with Gasteiger partial charge in [0, 0.05) is 17.9 Å². The second-order valence-corrected chi connectivity index (χ2v) is 5.05. The standard InChI is InChI=1S/C15H20ClFO/c1-2-3-4-5-6-7-14(18)11-12-10-13(16)8-9-15(12)17/h8-10H,2-7,11H2,1H3. The van der Waals surface area contributed by atoms with Crippen molar-refractivity contribution in [2.75, 3.05) is 0 Å². The lowest BCUT2D eigenvalue weighted by atomic mass is 10.0. The van der Waals surface area contributed by atoms with Crippen LogP contribution in [0.5, 0.6) is 0 Å². The van der Waals surface area contributed by atoms with Gasteiger partial charge in [0.2, 0.25) is 0 Å². The number of Topliss-reactive ketones (excluding diaryl/α,β-unsaturated/α-hetero) is 1. The number of carbonyl (C=O) groups excluding carboxylic acids is 1. The molecule has 0 aliphatic rings. The zero-order chi connectivity index (χ0) is 13.4. The van der Waals surface area contributed by atoms with Crippen molar-refractivity contribution in [3.8, 4) is 0 Å². The van der Waals surface area contributed by atoms with E-state index in [0.29, 0.717) is 17.0 Å². The second kappa shape index (κ2) is 8.25. The van der Waals surface area contributed by atoms with Gasteiger partial charge < -0.3 is 0 Å². The number of benzene rings is 1. The average Bonchev–Trinajstić information content (AvgIpc) is 2.33. The fraction of sp³-hybridized carbons (Fsp3) is 0.533. The van der Waals surface area contributed by atoms with Crippen LogP contribution >= 0.6 is 11.6 Å². The number of carbonyl (C=O) groups is 1. The van der Waals surface area contributed by atoms with Gasteiger partial charge in [0.05, 0.1) is 0 Å². The monoisotopic (exact) mass is 270 g/mol. The topological polar surface area (TPSA) is 17.1 Å². The zero-order valence-corrected chi connectivity index (χ0v) is 11.6. The predicted octanol–water partition coefficient (Wildman–Crippen LogP) is 4.95. The molecule has 1 aromatic carbocycles. The number of hydrogen-bond acceptors (Lipinski definition) is 1. The van der Waals surface area contributed by atoms with Crippen molar-refractivity contribution in [2.45, 2.75) is 51.9 Å². The van der Waals surface area contributed by atoms with E-state index in [1.165, 1.54) is 37.5 Å². The maximum absolute atomic E-state index is 13.4. The number of ketones is 1. The van der Waals surface area contributed by atoms with Gasteiger partial charge in [-0.3, -0.25) is 4.79 Å². The summed E-state index contributed by atoms with van der Waals surface area (Å²) in [5, 5.41) is 0.474. The van der Waals surface area contributed by atoms with Crippen molar-refractivity contribution in [1.82, 2.24) is 0 Å². The molecule has 3 heteroatoms. The molecule has 1 aromatic rings. The molecule has 0 bridgehead atoms. The highest BCUT2D eigenvalue weighted by atomic mass is 35.5. The summed E-state index contributed by atoms with van der Waals surface area (Å²) < 4.78 is 13.4. The predicted molar refractivity (Wildman–Crippen MR) is 73.5 cm³/mol. The van der Waals surface area contributed by atoms with Gasteiger partial charge in [0.1, 0.15) is 11.6 Å². The molecule has 0 fully saturated rings. The molecule has 1 nitrogen and oxygen atoms in total. The lowest BCUT2D eigenvalue weighted by Gasteiger charge is -2.04. The minimum absolute atomic E-state index is 0.0904. The van der Waals surface area contributed by atoms with Gasteiger partial charge in [0.25, 0.3) is 0 Å². The molecule has 0 aliphatic carbocycles. The molecule has 100 valence electrons. The fourth-order valence-electron chi connectivity index (χ4n) is 1.91. The minimum atomic E-state index is -0.348. The number of rotatable bonds is 8. The normalized spacial score (nSPS) is 10.6. The molecule has 0 radical (unpaired) electrons. The zero-order valence-electron chi connectivity index (χ0n) is 10.8. The highest BCUT2D eigenvalue weighted by Crippen LogP contribution is 2.16. The first-order valence-electron chi connectivity index (χ1n) is 6.59. The van der Waals surface area contributed by atoms with E-state index >= 15 is 0 Å². The molecule has 0 saturated heterocycles. The van der Waals surface area contributed by atoms with E-state index in [9.17, 15) is 9.18 Å². The molecule has 0 aliphatic heterocycles. The molecule has 1 rings (SSSR count). The highest BCUT2D eigenvalue weighted by Gasteiger charge is 2.08. The molecular weight excluding hydrogens is 251 g/mol. The molecule has 0 saturated carbocycles. The van der Waals surface area contributed by atoms with E-state index in [1.54, 1.807) is 0 Å². The Hall–Kier alpha value is -0.890. The van der Waals surface area contributed by atoms with Crippen LogP contribution in [0.3, 0.4) is 0 Å². The van der Waals surface area contributed by atoms with Gasteiger partial charge in [-0.15, -0.1) is 0 Å². The van der Waals surface area contributed by atoms with Crippen LogP contribution in [-0.2, 0) is 11.2 Å². The average molecular weight is 271 g/mol. The third-order valence-electron chi connectivity index (χ3n) is 2.95.